The Morgan fingerprint density at radius 1 is 1.12 bits per heavy atom. The van der Waals surface area contributed by atoms with E-state index in [4.69, 9.17) is 46.4 Å². The number of halogens is 5. The zero-order valence-corrected chi connectivity index (χ0v) is 17.2. The second kappa shape index (κ2) is 8.56. The van der Waals surface area contributed by atoms with Crippen molar-refractivity contribution < 1.29 is 9.59 Å². The molecule has 0 unspecified atom stereocenters. The van der Waals surface area contributed by atoms with Crippen LogP contribution in [0, 0.1) is 6.92 Å². The Bertz CT molecular complexity index is 861. The van der Waals surface area contributed by atoms with Crippen LogP contribution in [0.4, 0.5) is 5.69 Å². The molecule has 25 heavy (non-hydrogen) atoms. The van der Waals surface area contributed by atoms with Gasteiger partial charge < -0.3 is 10.6 Å². The lowest BCUT2D eigenvalue weighted by Gasteiger charge is -2.11. The summed E-state index contributed by atoms with van der Waals surface area (Å²) in [4.78, 5) is 27.9. The topological polar surface area (TPSA) is 71.1 Å². The first-order chi connectivity index (χ1) is 11.7. The molecule has 0 aliphatic heterocycles. The van der Waals surface area contributed by atoms with Crippen molar-refractivity contribution in [3.05, 3.63) is 54.2 Å². The molecule has 0 bridgehead atoms. The summed E-state index contributed by atoms with van der Waals surface area (Å²) in [5.74, 6) is -1.12. The van der Waals surface area contributed by atoms with Crippen molar-refractivity contribution in [3.8, 4) is 0 Å². The van der Waals surface area contributed by atoms with Gasteiger partial charge in [-0.25, -0.2) is 4.98 Å². The van der Waals surface area contributed by atoms with Gasteiger partial charge in [0.15, 0.2) is 0 Å². The van der Waals surface area contributed by atoms with E-state index in [9.17, 15) is 9.59 Å². The van der Waals surface area contributed by atoms with E-state index in [0.29, 0.717) is 5.69 Å². The number of rotatable bonds is 4. The molecule has 0 aliphatic carbocycles. The van der Waals surface area contributed by atoms with Gasteiger partial charge in [-0.15, -0.1) is 0 Å². The largest absolute Gasteiger partial charge is 0.342 e. The number of hydrogen-bond acceptors (Lipinski definition) is 3. The summed E-state index contributed by atoms with van der Waals surface area (Å²) < 4.78 is 0.897. The third-order valence-corrected chi connectivity index (χ3v) is 5.24. The van der Waals surface area contributed by atoms with E-state index in [0.717, 1.165) is 10.0 Å². The molecule has 1 aromatic heterocycles. The highest BCUT2D eigenvalue weighted by molar-refractivity contribution is 9.10. The highest BCUT2D eigenvalue weighted by atomic mass is 79.9. The number of amides is 2. The number of hydrogen-bond donors (Lipinski definition) is 2. The van der Waals surface area contributed by atoms with Crippen molar-refractivity contribution in [2.24, 2.45) is 0 Å². The first kappa shape index (κ1) is 20.3. The summed E-state index contributed by atoms with van der Waals surface area (Å²) in [6.07, 6.45) is 0. The standard InChI is InChI=1S/C15H10BrCl4N3O2/c1-6-4-7(16)2-3-8(6)22-9(24)5-21-15(25)13-11(18)10(17)12(19)14(20)23-13/h2-4H,5H2,1H3,(H,21,25)(H,22,24). The van der Waals surface area contributed by atoms with Gasteiger partial charge in [-0.3, -0.25) is 9.59 Å². The number of nitrogens with one attached hydrogen (secondary N) is 2. The van der Waals surface area contributed by atoms with Crippen LogP contribution in [0.2, 0.25) is 20.2 Å². The van der Waals surface area contributed by atoms with E-state index < -0.39 is 11.8 Å². The van der Waals surface area contributed by atoms with Crippen molar-refractivity contribution >= 4 is 79.8 Å². The zero-order valence-electron chi connectivity index (χ0n) is 12.6. The van der Waals surface area contributed by atoms with Gasteiger partial charge in [0, 0.05) is 10.2 Å². The monoisotopic (exact) mass is 483 g/mol. The molecule has 10 heteroatoms. The molecule has 0 saturated carbocycles. The number of aryl methyl sites for hydroxylation is 1. The summed E-state index contributed by atoms with van der Waals surface area (Å²) >= 11 is 26.7. The minimum Gasteiger partial charge on any atom is -0.342 e. The molecule has 132 valence electrons. The number of carbonyl (C=O) groups is 2. The number of nitrogens with zero attached hydrogens (tertiary/aromatic N) is 1. The number of benzene rings is 1. The predicted molar refractivity (Wildman–Crippen MR) is 104 cm³/mol. The van der Waals surface area contributed by atoms with Crippen molar-refractivity contribution in [2.45, 2.75) is 6.92 Å². The quantitative estimate of drug-likeness (QED) is 0.589. The Morgan fingerprint density at radius 3 is 2.44 bits per heavy atom. The van der Waals surface area contributed by atoms with Crippen molar-refractivity contribution in [3.63, 3.8) is 0 Å². The van der Waals surface area contributed by atoms with Crippen molar-refractivity contribution in [1.29, 1.82) is 0 Å². The van der Waals surface area contributed by atoms with Crippen LogP contribution in [0.5, 0.6) is 0 Å². The molecule has 0 atom stereocenters. The Morgan fingerprint density at radius 2 is 1.80 bits per heavy atom. The summed E-state index contributed by atoms with van der Waals surface area (Å²) in [6, 6.07) is 5.40. The molecule has 2 amide bonds. The van der Waals surface area contributed by atoms with Gasteiger partial charge in [0.1, 0.15) is 10.8 Å². The predicted octanol–water partition coefficient (Wildman–Crippen LogP) is 5.13. The Balaban J connectivity index is 2.04. The van der Waals surface area contributed by atoms with Gasteiger partial charge in [-0.2, -0.15) is 0 Å². The summed E-state index contributed by atoms with van der Waals surface area (Å²) in [6.45, 7) is 1.56. The summed E-state index contributed by atoms with van der Waals surface area (Å²) in [5, 5.41) is 4.66. The van der Waals surface area contributed by atoms with Crippen LogP contribution in [0.3, 0.4) is 0 Å². The number of carbonyl (C=O) groups excluding carboxylic acids is 2. The second-order valence-electron chi connectivity index (χ2n) is 4.88. The third-order valence-electron chi connectivity index (χ3n) is 3.07. The molecule has 5 nitrogen and oxygen atoms in total. The van der Waals surface area contributed by atoms with Gasteiger partial charge in [0.25, 0.3) is 5.91 Å². The van der Waals surface area contributed by atoms with E-state index in [1.165, 1.54) is 0 Å². The van der Waals surface area contributed by atoms with Gasteiger partial charge in [0.05, 0.1) is 21.6 Å². The van der Waals surface area contributed by atoms with E-state index in [1.807, 2.05) is 13.0 Å². The lowest BCUT2D eigenvalue weighted by molar-refractivity contribution is -0.115. The molecular weight excluding hydrogens is 476 g/mol. The molecular formula is C15H10BrCl4N3O2. The maximum Gasteiger partial charge on any atom is 0.271 e. The van der Waals surface area contributed by atoms with Crippen LogP contribution in [0.15, 0.2) is 22.7 Å². The Labute approximate surface area is 172 Å². The highest BCUT2D eigenvalue weighted by Crippen LogP contribution is 2.35. The van der Waals surface area contributed by atoms with E-state index >= 15 is 0 Å². The molecule has 0 radical (unpaired) electrons. The fraction of sp³-hybridized carbons (Fsp3) is 0.133. The van der Waals surface area contributed by atoms with Gasteiger partial charge in [-0.05, 0) is 30.7 Å². The lowest BCUT2D eigenvalue weighted by atomic mass is 10.2. The lowest BCUT2D eigenvalue weighted by Crippen LogP contribution is -2.33. The minimum atomic E-state index is -0.701. The number of pyridine rings is 1. The summed E-state index contributed by atoms with van der Waals surface area (Å²) in [7, 11) is 0. The first-order valence-electron chi connectivity index (χ1n) is 6.75. The molecule has 1 aromatic carbocycles. The van der Waals surface area contributed by atoms with Gasteiger partial charge >= 0.3 is 0 Å². The molecule has 2 N–H and O–H groups in total. The molecule has 1 heterocycles. The van der Waals surface area contributed by atoms with Gasteiger partial charge in [0.2, 0.25) is 5.91 Å². The average Bonchev–Trinajstić information content (AvgIpc) is 2.56. The normalized spacial score (nSPS) is 10.5. The Kier molecular flexibility index (Phi) is 6.93. The van der Waals surface area contributed by atoms with Crippen LogP contribution >= 0.6 is 62.3 Å². The van der Waals surface area contributed by atoms with Crippen LogP contribution in [0.25, 0.3) is 0 Å². The van der Waals surface area contributed by atoms with Crippen molar-refractivity contribution in [2.75, 3.05) is 11.9 Å². The van der Waals surface area contributed by atoms with Gasteiger partial charge in [-0.1, -0.05) is 62.3 Å². The third kappa shape index (κ3) is 4.99. The van der Waals surface area contributed by atoms with E-state index in [2.05, 4.69) is 31.5 Å². The molecule has 0 fully saturated rings. The average molecular weight is 486 g/mol. The van der Waals surface area contributed by atoms with Crippen molar-refractivity contribution in [1.82, 2.24) is 10.3 Å². The minimum absolute atomic E-state index is 0.0478. The van der Waals surface area contributed by atoms with Crippen LogP contribution < -0.4 is 10.6 Å². The van der Waals surface area contributed by atoms with Crippen LogP contribution in [-0.4, -0.2) is 23.3 Å². The summed E-state index contributed by atoms with van der Waals surface area (Å²) in [5.41, 5.74) is 1.29. The Hall–Kier alpha value is -1.05. The maximum atomic E-state index is 12.1. The van der Waals surface area contributed by atoms with E-state index in [1.54, 1.807) is 12.1 Å². The molecule has 0 aliphatic rings. The fourth-order valence-electron chi connectivity index (χ4n) is 1.84. The molecule has 0 spiro atoms. The van der Waals surface area contributed by atoms with Crippen LogP contribution in [-0.2, 0) is 4.79 Å². The van der Waals surface area contributed by atoms with E-state index in [-0.39, 0.29) is 32.5 Å². The fourth-order valence-corrected chi connectivity index (χ4v) is 3.13. The zero-order chi connectivity index (χ0) is 18.7. The molecule has 2 rings (SSSR count). The SMILES string of the molecule is Cc1cc(Br)ccc1NC(=O)CNC(=O)c1nc(Cl)c(Cl)c(Cl)c1Cl. The highest BCUT2D eigenvalue weighted by Gasteiger charge is 2.20. The van der Waals surface area contributed by atoms with Crippen LogP contribution in [0.1, 0.15) is 16.1 Å². The number of aromatic nitrogens is 1. The smallest absolute Gasteiger partial charge is 0.271 e. The number of anilines is 1. The second-order valence-corrected chi connectivity index (χ2v) is 7.29. The molecule has 2 aromatic rings. The first-order valence-corrected chi connectivity index (χ1v) is 9.05. The molecule has 0 saturated heterocycles. The maximum absolute atomic E-state index is 12.1.